The molecular formula is C25H23Cl2N3O. The van der Waals surface area contributed by atoms with Crippen LogP contribution in [0.4, 0.5) is 5.69 Å². The first-order chi connectivity index (χ1) is 15.0. The summed E-state index contributed by atoms with van der Waals surface area (Å²) < 4.78 is 4.23. The van der Waals surface area contributed by atoms with Gasteiger partial charge in [0.05, 0.1) is 39.9 Å². The lowest BCUT2D eigenvalue weighted by Crippen LogP contribution is -2.24. The molecule has 0 aliphatic heterocycles. The van der Waals surface area contributed by atoms with Crippen molar-refractivity contribution in [2.24, 2.45) is 12.0 Å². The number of rotatable bonds is 4. The van der Waals surface area contributed by atoms with Crippen molar-refractivity contribution < 1.29 is 5.11 Å². The second kappa shape index (κ2) is 8.19. The van der Waals surface area contributed by atoms with E-state index in [1.54, 1.807) is 0 Å². The van der Waals surface area contributed by atoms with Crippen molar-refractivity contribution in [1.82, 2.24) is 9.13 Å². The molecule has 0 fully saturated rings. The Labute approximate surface area is 191 Å². The van der Waals surface area contributed by atoms with Gasteiger partial charge in [-0.1, -0.05) is 53.5 Å². The summed E-state index contributed by atoms with van der Waals surface area (Å²) in [5.41, 5.74) is 8.58. The smallest absolute Gasteiger partial charge is 0.211 e. The first-order valence-corrected chi connectivity index (χ1v) is 11.2. The molecule has 3 aromatic carbocycles. The molecule has 0 bridgehead atoms. The van der Waals surface area contributed by atoms with Crippen molar-refractivity contribution in [3.05, 3.63) is 92.5 Å². The van der Waals surface area contributed by atoms with Gasteiger partial charge in [-0.15, -0.1) is 0 Å². The minimum atomic E-state index is 0.0364. The van der Waals surface area contributed by atoms with Crippen LogP contribution in [0.15, 0.2) is 59.6 Å². The lowest BCUT2D eigenvalue weighted by Gasteiger charge is -2.08. The van der Waals surface area contributed by atoms with Crippen LogP contribution in [0.2, 0.25) is 10.0 Å². The number of hydrogen-bond acceptors (Lipinski definition) is 2. The van der Waals surface area contributed by atoms with Crippen molar-refractivity contribution in [2.45, 2.75) is 32.4 Å². The average Bonchev–Trinajstić information content (AvgIpc) is 3.33. The Kier molecular flexibility index (Phi) is 5.39. The third-order valence-corrected chi connectivity index (χ3v) is 6.79. The Balaban J connectivity index is 1.70. The number of imidazole rings is 1. The zero-order valence-electron chi connectivity index (χ0n) is 17.3. The lowest BCUT2D eigenvalue weighted by atomic mass is 10.1. The predicted octanol–water partition coefficient (Wildman–Crippen LogP) is 5.55. The number of aliphatic hydroxyl groups is 1. The molecule has 0 saturated carbocycles. The van der Waals surface area contributed by atoms with Crippen LogP contribution in [0, 0.1) is 0 Å². The topological polar surface area (TPSA) is 42.5 Å². The fraction of sp³-hybridized carbons (Fsp3) is 0.240. The summed E-state index contributed by atoms with van der Waals surface area (Å²) in [5.74, 6) is 0. The Bertz CT molecular complexity index is 1350. The van der Waals surface area contributed by atoms with E-state index < -0.39 is 0 Å². The van der Waals surface area contributed by atoms with E-state index in [1.165, 1.54) is 17.5 Å². The van der Waals surface area contributed by atoms with Crippen LogP contribution in [-0.2, 0) is 33.0 Å². The molecule has 0 amide bonds. The largest absolute Gasteiger partial charge is 0.392 e. The Morgan fingerprint density at radius 3 is 2.29 bits per heavy atom. The van der Waals surface area contributed by atoms with Gasteiger partial charge in [0.15, 0.2) is 0 Å². The molecule has 0 atom stereocenters. The van der Waals surface area contributed by atoms with Crippen LogP contribution in [0.5, 0.6) is 0 Å². The summed E-state index contributed by atoms with van der Waals surface area (Å²) >= 11 is 12.7. The molecule has 1 aliphatic carbocycles. The summed E-state index contributed by atoms with van der Waals surface area (Å²) in [6.45, 7) is 0.666. The number of aromatic nitrogens is 2. The number of aliphatic hydroxyl groups excluding tert-OH is 1. The van der Waals surface area contributed by atoms with Gasteiger partial charge in [-0.05, 0) is 65.8 Å². The fourth-order valence-corrected chi connectivity index (χ4v) is 4.69. The molecule has 1 aliphatic rings. The van der Waals surface area contributed by atoms with Gasteiger partial charge in [-0.3, -0.25) is 0 Å². The number of hydrogen-bond donors (Lipinski definition) is 1. The van der Waals surface area contributed by atoms with Gasteiger partial charge in [0.2, 0.25) is 5.62 Å². The summed E-state index contributed by atoms with van der Waals surface area (Å²) in [6.07, 6.45) is 3.49. The van der Waals surface area contributed by atoms with Gasteiger partial charge < -0.3 is 14.2 Å². The molecular weight excluding hydrogens is 429 g/mol. The van der Waals surface area contributed by atoms with Crippen LogP contribution in [0.25, 0.3) is 11.0 Å². The summed E-state index contributed by atoms with van der Waals surface area (Å²) in [7, 11) is 2.00. The van der Waals surface area contributed by atoms with Crippen molar-refractivity contribution in [3.63, 3.8) is 0 Å². The van der Waals surface area contributed by atoms with E-state index in [0.717, 1.165) is 46.3 Å². The molecule has 0 unspecified atom stereocenters. The molecule has 0 radical (unpaired) electrons. The Hall–Kier alpha value is -2.53. The van der Waals surface area contributed by atoms with E-state index in [-0.39, 0.29) is 6.61 Å². The first-order valence-electron chi connectivity index (χ1n) is 10.4. The van der Waals surface area contributed by atoms with E-state index >= 15 is 0 Å². The van der Waals surface area contributed by atoms with Crippen molar-refractivity contribution in [2.75, 3.05) is 0 Å². The molecule has 4 nitrogen and oxygen atoms in total. The van der Waals surface area contributed by atoms with Gasteiger partial charge in [0, 0.05) is 7.05 Å². The number of fused-ring (bicyclic) bond motifs is 2. The Morgan fingerprint density at radius 1 is 0.871 bits per heavy atom. The quantitative estimate of drug-likeness (QED) is 0.434. The van der Waals surface area contributed by atoms with E-state index in [4.69, 9.17) is 28.2 Å². The molecule has 5 rings (SSSR count). The van der Waals surface area contributed by atoms with Crippen LogP contribution in [-0.4, -0.2) is 14.2 Å². The van der Waals surface area contributed by atoms with E-state index in [0.29, 0.717) is 16.6 Å². The number of aryl methyl sites for hydroxylation is 3. The van der Waals surface area contributed by atoms with Crippen molar-refractivity contribution in [1.29, 1.82) is 0 Å². The second-order valence-electron chi connectivity index (χ2n) is 8.09. The molecule has 158 valence electrons. The van der Waals surface area contributed by atoms with Gasteiger partial charge in [0.1, 0.15) is 0 Å². The van der Waals surface area contributed by atoms with Crippen molar-refractivity contribution >= 4 is 39.9 Å². The zero-order valence-corrected chi connectivity index (χ0v) is 18.8. The monoisotopic (exact) mass is 451 g/mol. The summed E-state index contributed by atoms with van der Waals surface area (Å²) in [4.78, 5) is 5.04. The van der Waals surface area contributed by atoms with Gasteiger partial charge in [-0.2, -0.15) is 0 Å². The molecule has 0 spiro atoms. The second-order valence-corrected chi connectivity index (χ2v) is 8.91. The lowest BCUT2D eigenvalue weighted by molar-refractivity contribution is 0.282. The van der Waals surface area contributed by atoms with Gasteiger partial charge in [-0.25, -0.2) is 4.99 Å². The van der Waals surface area contributed by atoms with Gasteiger partial charge >= 0.3 is 0 Å². The minimum absolute atomic E-state index is 0.0364. The maximum absolute atomic E-state index is 9.34. The zero-order chi connectivity index (χ0) is 21.5. The SMILES string of the molecule is Cn1/c(=N/c2ccc3c(c2)CCC3)n(Cc2ccc(CO)cc2)c2cc(Cl)c(Cl)cc21. The number of benzene rings is 3. The van der Waals surface area contributed by atoms with Crippen LogP contribution < -0.4 is 5.62 Å². The molecule has 31 heavy (non-hydrogen) atoms. The third kappa shape index (κ3) is 3.80. The highest BCUT2D eigenvalue weighted by atomic mass is 35.5. The predicted molar refractivity (Wildman–Crippen MR) is 126 cm³/mol. The number of halogens is 2. The molecule has 1 N–H and O–H groups in total. The molecule has 0 saturated heterocycles. The highest BCUT2D eigenvalue weighted by Gasteiger charge is 2.14. The van der Waals surface area contributed by atoms with Crippen LogP contribution >= 0.6 is 23.2 Å². The van der Waals surface area contributed by atoms with E-state index in [9.17, 15) is 5.11 Å². The molecule has 6 heteroatoms. The number of nitrogens with zero attached hydrogens (tertiary/aromatic N) is 3. The third-order valence-electron chi connectivity index (χ3n) is 6.07. The Morgan fingerprint density at radius 2 is 1.55 bits per heavy atom. The van der Waals surface area contributed by atoms with Crippen LogP contribution in [0.3, 0.4) is 0 Å². The highest BCUT2D eigenvalue weighted by molar-refractivity contribution is 6.42. The molecule has 4 aromatic rings. The van der Waals surface area contributed by atoms with E-state index in [2.05, 4.69) is 27.3 Å². The van der Waals surface area contributed by atoms with Gasteiger partial charge in [0.25, 0.3) is 0 Å². The summed E-state index contributed by atoms with van der Waals surface area (Å²) in [5, 5.41) is 10.4. The van der Waals surface area contributed by atoms with Crippen molar-refractivity contribution in [3.8, 4) is 0 Å². The summed E-state index contributed by atoms with van der Waals surface area (Å²) in [6, 6.07) is 18.3. The molecule has 1 aromatic heterocycles. The average molecular weight is 452 g/mol. The molecule has 1 heterocycles. The van der Waals surface area contributed by atoms with E-state index in [1.807, 2.05) is 43.4 Å². The maximum Gasteiger partial charge on any atom is 0.211 e. The standard InChI is InChI=1S/C25H23Cl2N3O/c1-29-23-12-21(26)22(27)13-24(23)30(14-16-5-7-17(15-31)8-6-16)25(29)28-20-10-9-18-3-2-4-19(18)11-20/h5-13,31H,2-4,14-15H2,1H3/b28-25-. The fourth-order valence-electron chi connectivity index (χ4n) is 4.37. The first kappa shape index (κ1) is 20.4. The normalized spacial score (nSPS) is 13.9. The maximum atomic E-state index is 9.34. The van der Waals surface area contributed by atoms with Crippen LogP contribution in [0.1, 0.15) is 28.7 Å². The minimum Gasteiger partial charge on any atom is -0.392 e. The highest BCUT2D eigenvalue weighted by Crippen LogP contribution is 2.29.